The van der Waals surface area contributed by atoms with Crippen LogP contribution in [0.3, 0.4) is 0 Å². The first kappa shape index (κ1) is 44.2. The standard InChI is InChI=1S/C71H49N3S/c1-6-20-49(21-7-1)54-44-66-62-33-19-18-24-53(62)43-67(66)69(46-54)74(58-31-14-5-15-32-58)61-39-41-64-63-40-38-60(47-70(63)75-71(64)48-61)73(57-29-12-4-13-30-57)68-45-52-23-17-16-22-51(52)42-65(68)50-34-36-59(37-35-50)72(55-25-8-2-9-26-55)56-27-10-3-11-28-56/h1-42,44-48H,43H2. The van der Waals surface area contributed by atoms with E-state index in [4.69, 9.17) is 0 Å². The number of nitrogens with zero attached hydrogens (tertiary/aromatic N) is 3. The third-order valence-corrected chi connectivity index (χ3v) is 15.9. The van der Waals surface area contributed by atoms with Gasteiger partial charge in [0.15, 0.2) is 0 Å². The molecule has 0 unspecified atom stereocenters. The normalized spacial score (nSPS) is 11.7. The molecule has 4 heteroatoms. The average molecular weight is 976 g/mol. The second-order valence-electron chi connectivity index (χ2n) is 19.3. The van der Waals surface area contributed by atoms with E-state index in [2.05, 4.69) is 300 Å². The van der Waals surface area contributed by atoms with E-state index in [0.29, 0.717) is 0 Å². The third kappa shape index (κ3) is 8.09. The summed E-state index contributed by atoms with van der Waals surface area (Å²) in [6.07, 6.45) is 0.885. The molecule has 0 saturated heterocycles. The van der Waals surface area contributed by atoms with Gasteiger partial charge in [0.2, 0.25) is 0 Å². The Kier molecular flexibility index (Phi) is 11.1. The van der Waals surface area contributed by atoms with E-state index in [-0.39, 0.29) is 0 Å². The molecule has 75 heavy (non-hydrogen) atoms. The van der Waals surface area contributed by atoms with Gasteiger partial charge in [0.25, 0.3) is 0 Å². The van der Waals surface area contributed by atoms with Crippen molar-refractivity contribution in [2.45, 2.75) is 6.42 Å². The van der Waals surface area contributed by atoms with E-state index in [9.17, 15) is 0 Å². The molecular weight excluding hydrogens is 927 g/mol. The molecule has 1 aliphatic rings. The second-order valence-corrected chi connectivity index (χ2v) is 20.4. The molecule has 0 spiro atoms. The molecule has 13 aromatic rings. The van der Waals surface area contributed by atoms with Crippen LogP contribution in [-0.2, 0) is 6.42 Å². The fourth-order valence-corrected chi connectivity index (χ4v) is 12.5. The summed E-state index contributed by atoms with van der Waals surface area (Å²) < 4.78 is 2.49. The molecule has 14 rings (SSSR count). The molecule has 3 nitrogen and oxygen atoms in total. The molecule has 0 saturated carbocycles. The fraction of sp³-hybridized carbons (Fsp3) is 0.0141. The molecule has 1 heterocycles. The summed E-state index contributed by atoms with van der Waals surface area (Å²) in [6.45, 7) is 0. The number of hydrogen-bond donors (Lipinski definition) is 0. The number of anilines is 9. The van der Waals surface area contributed by atoms with Crippen molar-refractivity contribution in [2.75, 3.05) is 14.7 Å². The van der Waals surface area contributed by atoms with Gasteiger partial charge in [-0.05, 0) is 159 Å². The maximum absolute atomic E-state index is 2.48. The number of para-hydroxylation sites is 4. The maximum Gasteiger partial charge on any atom is 0.0546 e. The second kappa shape index (κ2) is 18.8. The molecule has 1 aliphatic carbocycles. The first-order valence-corrected chi connectivity index (χ1v) is 26.5. The molecule has 0 atom stereocenters. The molecule has 0 N–H and O–H groups in total. The van der Waals surface area contributed by atoms with Crippen LogP contribution in [0.5, 0.6) is 0 Å². The van der Waals surface area contributed by atoms with Crippen LogP contribution < -0.4 is 14.7 Å². The van der Waals surface area contributed by atoms with Crippen molar-refractivity contribution in [2.24, 2.45) is 0 Å². The van der Waals surface area contributed by atoms with E-state index >= 15 is 0 Å². The lowest BCUT2D eigenvalue weighted by Gasteiger charge is -2.29. The van der Waals surface area contributed by atoms with Crippen LogP contribution in [0, 0.1) is 0 Å². The lowest BCUT2D eigenvalue weighted by atomic mass is 9.96. The summed E-state index contributed by atoms with van der Waals surface area (Å²) in [5.74, 6) is 0. The predicted octanol–water partition coefficient (Wildman–Crippen LogP) is 20.5. The van der Waals surface area contributed by atoms with Crippen molar-refractivity contribution < 1.29 is 0 Å². The number of rotatable bonds is 11. The summed E-state index contributed by atoms with van der Waals surface area (Å²) in [4.78, 5) is 7.25. The van der Waals surface area contributed by atoms with Gasteiger partial charge in [0.1, 0.15) is 0 Å². The Balaban J connectivity index is 0.898. The van der Waals surface area contributed by atoms with E-state index in [1.807, 2.05) is 11.3 Å². The Hall–Kier alpha value is -9.48. The molecule has 0 amide bonds. The van der Waals surface area contributed by atoms with Crippen LogP contribution in [-0.4, -0.2) is 0 Å². The smallest absolute Gasteiger partial charge is 0.0546 e. The summed E-state index contributed by atoms with van der Waals surface area (Å²) in [5, 5.41) is 4.90. The Labute approximate surface area is 441 Å². The first-order valence-electron chi connectivity index (χ1n) is 25.7. The van der Waals surface area contributed by atoms with Crippen LogP contribution in [0.4, 0.5) is 51.2 Å². The zero-order chi connectivity index (χ0) is 49.7. The predicted molar refractivity (Wildman–Crippen MR) is 320 cm³/mol. The van der Waals surface area contributed by atoms with Crippen molar-refractivity contribution in [3.05, 3.63) is 296 Å². The van der Waals surface area contributed by atoms with E-state index in [1.165, 1.54) is 70.0 Å². The fourth-order valence-electron chi connectivity index (χ4n) is 11.3. The lowest BCUT2D eigenvalue weighted by Crippen LogP contribution is -2.12. The monoisotopic (exact) mass is 975 g/mol. The minimum atomic E-state index is 0.885. The van der Waals surface area contributed by atoms with Crippen molar-refractivity contribution in [1.82, 2.24) is 0 Å². The minimum Gasteiger partial charge on any atom is -0.311 e. The lowest BCUT2D eigenvalue weighted by molar-refractivity contribution is 1.20. The topological polar surface area (TPSA) is 9.72 Å². The highest BCUT2D eigenvalue weighted by Gasteiger charge is 2.27. The number of thiophene rings is 1. The van der Waals surface area contributed by atoms with Gasteiger partial charge in [-0.3, -0.25) is 0 Å². The molecule has 12 aromatic carbocycles. The van der Waals surface area contributed by atoms with Crippen molar-refractivity contribution in [1.29, 1.82) is 0 Å². The van der Waals surface area contributed by atoms with E-state index in [1.54, 1.807) is 0 Å². The largest absolute Gasteiger partial charge is 0.311 e. The molecule has 354 valence electrons. The van der Waals surface area contributed by atoms with Gasteiger partial charge in [-0.25, -0.2) is 0 Å². The third-order valence-electron chi connectivity index (χ3n) is 14.8. The summed E-state index contributed by atoms with van der Waals surface area (Å²) in [5.41, 5.74) is 20.2. The SMILES string of the molecule is c1ccc(-c2cc3c(c(N(c4ccccc4)c4ccc5c(c4)sc4cc(N(c6ccccc6)c6cc7ccccc7cc6-c6ccc(N(c7ccccc7)c7ccccc7)cc6)ccc45)c2)Cc2ccccc2-3)cc1. The summed E-state index contributed by atoms with van der Waals surface area (Å²) >= 11 is 1.87. The Bertz CT molecular complexity index is 4160. The highest BCUT2D eigenvalue weighted by Crippen LogP contribution is 2.50. The number of benzene rings is 12. The van der Waals surface area contributed by atoms with Crippen molar-refractivity contribution >= 4 is 93.5 Å². The number of fused-ring (bicyclic) bond motifs is 7. The molecule has 0 radical (unpaired) electrons. The Morgan fingerprint density at radius 1 is 0.267 bits per heavy atom. The van der Waals surface area contributed by atoms with Crippen molar-refractivity contribution in [3.63, 3.8) is 0 Å². The van der Waals surface area contributed by atoms with Gasteiger partial charge in [-0.2, -0.15) is 0 Å². The molecule has 1 aromatic heterocycles. The van der Waals surface area contributed by atoms with Crippen LogP contribution in [0.15, 0.2) is 285 Å². The quantitative estimate of drug-likeness (QED) is 0.128. The van der Waals surface area contributed by atoms with Gasteiger partial charge in [-0.1, -0.05) is 176 Å². The van der Waals surface area contributed by atoms with Crippen LogP contribution in [0.1, 0.15) is 11.1 Å². The highest BCUT2D eigenvalue weighted by atomic mass is 32.1. The van der Waals surface area contributed by atoms with Gasteiger partial charge in [0.05, 0.1) is 11.4 Å². The van der Waals surface area contributed by atoms with Crippen LogP contribution in [0.2, 0.25) is 0 Å². The van der Waals surface area contributed by atoms with Gasteiger partial charge in [0, 0.05) is 72.0 Å². The molecule has 0 fully saturated rings. The molecule has 0 bridgehead atoms. The van der Waals surface area contributed by atoms with Gasteiger partial charge < -0.3 is 14.7 Å². The maximum atomic E-state index is 2.48. The molecule has 0 aliphatic heterocycles. The van der Waals surface area contributed by atoms with E-state index < -0.39 is 0 Å². The Morgan fingerprint density at radius 3 is 1.29 bits per heavy atom. The number of hydrogen-bond acceptors (Lipinski definition) is 4. The van der Waals surface area contributed by atoms with Crippen molar-refractivity contribution in [3.8, 4) is 33.4 Å². The van der Waals surface area contributed by atoms with Gasteiger partial charge >= 0.3 is 0 Å². The van der Waals surface area contributed by atoms with Crippen LogP contribution in [0.25, 0.3) is 64.3 Å². The summed E-state index contributed by atoms with van der Waals surface area (Å²) in [7, 11) is 0. The first-order chi connectivity index (χ1) is 37.2. The zero-order valence-corrected chi connectivity index (χ0v) is 41.9. The average Bonchev–Trinajstić information content (AvgIpc) is 4.05. The van der Waals surface area contributed by atoms with E-state index in [0.717, 1.165) is 63.0 Å². The minimum absolute atomic E-state index is 0.885. The van der Waals surface area contributed by atoms with Gasteiger partial charge in [-0.15, -0.1) is 11.3 Å². The zero-order valence-electron chi connectivity index (χ0n) is 41.1. The van der Waals surface area contributed by atoms with Crippen LogP contribution >= 0.6 is 11.3 Å². The molecular formula is C71H49N3S. The highest BCUT2D eigenvalue weighted by molar-refractivity contribution is 7.25. The summed E-state index contributed by atoms with van der Waals surface area (Å²) in [6, 6.07) is 104. The Morgan fingerprint density at radius 2 is 0.720 bits per heavy atom.